The van der Waals surface area contributed by atoms with Crippen LogP contribution in [0.25, 0.3) is 21.5 Å². The summed E-state index contributed by atoms with van der Waals surface area (Å²) in [5.41, 5.74) is 2.57. The smallest absolute Gasteiger partial charge is 0.150 e. The van der Waals surface area contributed by atoms with Crippen LogP contribution in [0.1, 0.15) is 78.6 Å². The number of thiazole rings is 1. The molecule has 0 spiro atoms. The fraction of sp³-hybridized carbons (Fsp3) is 0.433. The Morgan fingerprint density at radius 1 is 1.21 bits per heavy atom. The number of aldehydes is 1. The molecule has 2 aromatic heterocycles. The van der Waals surface area contributed by atoms with Crippen molar-refractivity contribution in [2.75, 3.05) is 0 Å². The number of halogens is 2. The van der Waals surface area contributed by atoms with Gasteiger partial charge in [-0.15, -0.1) is 11.3 Å². The summed E-state index contributed by atoms with van der Waals surface area (Å²) in [5.74, 6) is 1.11. The third-order valence-corrected chi connectivity index (χ3v) is 10.1. The second kappa shape index (κ2) is 10.6. The van der Waals surface area contributed by atoms with Crippen LogP contribution in [0.3, 0.4) is 0 Å². The summed E-state index contributed by atoms with van der Waals surface area (Å²) < 4.78 is 13.3. The number of fused-ring (bicyclic) bond motifs is 1. The number of rotatable bonds is 8. The number of aliphatic hydroxyl groups is 1. The van der Waals surface area contributed by atoms with E-state index in [0.29, 0.717) is 57.2 Å². The summed E-state index contributed by atoms with van der Waals surface area (Å²) >= 11 is 14.5. The van der Waals surface area contributed by atoms with E-state index < -0.39 is 5.60 Å². The fourth-order valence-corrected chi connectivity index (χ4v) is 7.88. The molecule has 0 saturated heterocycles. The van der Waals surface area contributed by atoms with Crippen molar-refractivity contribution < 1.29 is 19.2 Å². The minimum atomic E-state index is -1.06. The van der Waals surface area contributed by atoms with Gasteiger partial charge in [0.25, 0.3) is 0 Å². The lowest BCUT2D eigenvalue weighted by molar-refractivity contribution is -0.141. The number of carbonyl (C=O) groups excluding carboxylic acids is 1. The predicted molar refractivity (Wildman–Crippen MR) is 154 cm³/mol. The molecule has 204 valence electrons. The minimum absolute atomic E-state index is 0.0276. The highest BCUT2D eigenvalue weighted by atomic mass is 35.5. The van der Waals surface area contributed by atoms with Crippen LogP contribution in [-0.2, 0) is 16.9 Å². The first-order valence-electron chi connectivity index (χ1n) is 13.5. The van der Waals surface area contributed by atoms with Crippen LogP contribution < -0.4 is 0 Å². The van der Waals surface area contributed by atoms with Gasteiger partial charge in [-0.2, -0.15) is 0 Å². The van der Waals surface area contributed by atoms with Crippen molar-refractivity contribution in [1.29, 1.82) is 0 Å². The number of hydrogen-bond acceptors (Lipinski definition) is 7. The topological polar surface area (TPSA) is 85.5 Å². The van der Waals surface area contributed by atoms with Crippen molar-refractivity contribution in [2.45, 2.75) is 70.2 Å². The Hall–Kier alpha value is -2.29. The molecule has 4 aromatic rings. The van der Waals surface area contributed by atoms with Gasteiger partial charge in [-0.05, 0) is 67.9 Å². The van der Waals surface area contributed by atoms with E-state index in [1.807, 2.05) is 18.2 Å². The molecular weight excluding hydrogens is 555 g/mol. The Kier molecular flexibility index (Phi) is 7.31. The third-order valence-electron chi connectivity index (χ3n) is 8.35. The maximum absolute atomic E-state index is 12.1. The molecule has 6 nitrogen and oxygen atoms in total. The monoisotopic (exact) mass is 584 g/mol. The highest BCUT2D eigenvalue weighted by molar-refractivity contribution is 7.18. The van der Waals surface area contributed by atoms with E-state index in [9.17, 15) is 9.90 Å². The maximum Gasteiger partial charge on any atom is 0.150 e. The molecule has 1 N–H and O–H groups in total. The SMILES string of the molecule is CC[C@@H]1C[C@@H](OCc2c(-c3c(Cl)cccc3Cl)noc2C2CC2)C[C@H](C)[C@]1(O)c1nc2ccc(C=O)cc2s1. The van der Waals surface area contributed by atoms with Gasteiger partial charge in [0.1, 0.15) is 28.3 Å². The molecule has 0 aliphatic heterocycles. The van der Waals surface area contributed by atoms with Crippen molar-refractivity contribution in [3.8, 4) is 11.3 Å². The van der Waals surface area contributed by atoms with Gasteiger partial charge in [0.2, 0.25) is 0 Å². The molecule has 2 aliphatic rings. The van der Waals surface area contributed by atoms with Gasteiger partial charge in [-0.1, -0.05) is 54.7 Å². The van der Waals surface area contributed by atoms with Crippen LogP contribution in [0.5, 0.6) is 0 Å². The van der Waals surface area contributed by atoms with E-state index in [1.165, 1.54) is 11.3 Å². The van der Waals surface area contributed by atoms with E-state index >= 15 is 0 Å². The van der Waals surface area contributed by atoms with Crippen molar-refractivity contribution in [1.82, 2.24) is 10.1 Å². The van der Waals surface area contributed by atoms with Gasteiger partial charge in [0.15, 0.2) is 0 Å². The first kappa shape index (κ1) is 26.9. The van der Waals surface area contributed by atoms with Crippen LogP contribution in [0.15, 0.2) is 40.9 Å². The molecule has 2 aromatic carbocycles. The second-order valence-corrected chi connectivity index (χ2v) is 12.7. The minimum Gasteiger partial charge on any atom is -0.382 e. The van der Waals surface area contributed by atoms with Crippen LogP contribution in [0.4, 0.5) is 0 Å². The van der Waals surface area contributed by atoms with Crippen LogP contribution in [0, 0.1) is 11.8 Å². The van der Waals surface area contributed by atoms with Gasteiger partial charge in [-0.25, -0.2) is 4.98 Å². The van der Waals surface area contributed by atoms with Gasteiger partial charge < -0.3 is 14.4 Å². The van der Waals surface area contributed by atoms with Gasteiger partial charge >= 0.3 is 0 Å². The van der Waals surface area contributed by atoms with E-state index in [-0.39, 0.29) is 17.9 Å². The van der Waals surface area contributed by atoms with Crippen LogP contribution in [0.2, 0.25) is 10.0 Å². The molecule has 0 unspecified atom stereocenters. The molecule has 2 fully saturated rings. The highest BCUT2D eigenvalue weighted by Gasteiger charge is 2.50. The average Bonchev–Trinajstić information content (AvgIpc) is 3.54. The van der Waals surface area contributed by atoms with Crippen molar-refractivity contribution in [2.24, 2.45) is 11.8 Å². The zero-order valence-corrected chi connectivity index (χ0v) is 24.2. The first-order chi connectivity index (χ1) is 18.8. The number of benzene rings is 2. The van der Waals surface area contributed by atoms with Crippen molar-refractivity contribution >= 4 is 51.0 Å². The molecule has 2 heterocycles. The number of hydrogen-bond donors (Lipinski definition) is 1. The molecule has 0 bridgehead atoms. The molecule has 2 saturated carbocycles. The van der Waals surface area contributed by atoms with Crippen molar-refractivity contribution in [3.05, 3.63) is 68.3 Å². The molecule has 0 amide bonds. The summed E-state index contributed by atoms with van der Waals surface area (Å²) in [6.45, 7) is 4.52. The fourth-order valence-electron chi connectivity index (χ4n) is 6.00. The standard InChI is InChI=1S/C30H30Cl2N2O4S/c1-3-19-13-20(11-16(2)30(19,36)29-33-24-10-7-17(14-35)12-25(24)39-29)37-15-21-27(34-38-28(21)18-8-9-18)26-22(31)5-4-6-23(26)32/h4-7,10,12,14,16,18-20,36H,3,8-9,11,13,15H2,1-2H3/t16-,19+,20-,30+/m0/s1. The Morgan fingerprint density at radius 3 is 2.67 bits per heavy atom. The summed E-state index contributed by atoms with van der Waals surface area (Å²) in [6, 6.07) is 10.9. The third kappa shape index (κ3) is 4.82. The van der Waals surface area contributed by atoms with Gasteiger partial charge in [0, 0.05) is 22.6 Å². The molecule has 2 aliphatic carbocycles. The lowest BCUT2D eigenvalue weighted by Crippen LogP contribution is -2.48. The van der Waals surface area contributed by atoms with E-state index in [0.717, 1.165) is 47.1 Å². The van der Waals surface area contributed by atoms with Crippen molar-refractivity contribution in [3.63, 3.8) is 0 Å². The van der Waals surface area contributed by atoms with Gasteiger partial charge in [-0.3, -0.25) is 4.79 Å². The van der Waals surface area contributed by atoms with E-state index in [4.69, 9.17) is 37.4 Å². The maximum atomic E-state index is 12.1. The zero-order valence-electron chi connectivity index (χ0n) is 21.8. The van der Waals surface area contributed by atoms with Crippen LogP contribution in [-0.4, -0.2) is 27.6 Å². The normalized spacial score (nSPS) is 25.3. The highest BCUT2D eigenvalue weighted by Crippen LogP contribution is 2.50. The van der Waals surface area contributed by atoms with Gasteiger partial charge in [0.05, 0.1) is 33.0 Å². The molecule has 6 rings (SSSR count). The Labute approximate surface area is 241 Å². The van der Waals surface area contributed by atoms with E-state index in [2.05, 4.69) is 19.0 Å². The number of ether oxygens (including phenoxy) is 1. The summed E-state index contributed by atoms with van der Waals surface area (Å²) in [5, 5.41) is 18.3. The molecule has 39 heavy (non-hydrogen) atoms. The summed E-state index contributed by atoms with van der Waals surface area (Å²) in [4.78, 5) is 16.1. The quantitative estimate of drug-likeness (QED) is 0.210. The largest absolute Gasteiger partial charge is 0.382 e. The number of aromatic nitrogens is 2. The Balaban J connectivity index is 1.25. The Morgan fingerprint density at radius 2 is 1.97 bits per heavy atom. The summed E-state index contributed by atoms with van der Waals surface area (Å²) in [7, 11) is 0. The number of nitrogens with zero attached hydrogens (tertiary/aromatic N) is 2. The number of carbonyl (C=O) groups is 1. The lowest BCUT2D eigenvalue weighted by Gasteiger charge is -2.46. The lowest BCUT2D eigenvalue weighted by atomic mass is 9.67. The molecule has 0 radical (unpaired) electrons. The molecule has 4 atom stereocenters. The molecular formula is C30H30Cl2N2O4S. The molecule has 9 heteroatoms. The zero-order chi connectivity index (χ0) is 27.3. The Bertz CT molecular complexity index is 1510. The first-order valence-corrected chi connectivity index (χ1v) is 15.0. The van der Waals surface area contributed by atoms with Crippen LogP contribution >= 0.6 is 34.5 Å². The predicted octanol–water partition coefficient (Wildman–Crippen LogP) is 8.18. The average molecular weight is 586 g/mol. The summed E-state index contributed by atoms with van der Waals surface area (Å²) in [6.07, 6.45) is 5.12. The van der Waals surface area contributed by atoms with E-state index in [1.54, 1.807) is 18.2 Å². The second-order valence-electron chi connectivity index (χ2n) is 10.8.